The lowest BCUT2D eigenvalue weighted by Crippen LogP contribution is -2.37. The van der Waals surface area contributed by atoms with Crippen molar-refractivity contribution in [3.8, 4) is 0 Å². The molecule has 0 aromatic carbocycles. The van der Waals surface area contributed by atoms with Crippen molar-refractivity contribution in [2.45, 2.75) is 83.2 Å². The Morgan fingerprint density at radius 2 is 1.48 bits per heavy atom. The molecule has 0 spiro atoms. The molecule has 21 heavy (non-hydrogen) atoms. The van der Waals surface area contributed by atoms with E-state index >= 15 is 0 Å². The van der Waals surface area contributed by atoms with Crippen LogP contribution in [-0.4, -0.2) is 42.9 Å². The first-order valence-electron chi connectivity index (χ1n) is 8.72. The van der Waals surface area contributed by atoms with E-state index in [2.05, 4.69) is 17.1 Å². The number of guanidine groups is 1. The molecule has 4 nitrogen and oxygen atoms in total. The van der Waals surface area contributed by atoms with Gasteiger partial charge in [0.1, 0.15) is 5.84 Å². The van der Waals surface area contributed by atoms with Crippen LogP contribution in [0, 0.1) is 0 Å². The highest BCUT2D eigenvalue weighted by molar-refractivity contribution is 5.94. The molecule has 2 saturated carbocycles. The number of hydrogen-bond acceptors (Lipinski definition) is 1. The Balaban J connectivity index is 2.04. The van der Waals surface area contributed by atoms with Gasteiger partial charge in [0.15, 0.2) is 0 Å². The molecule has 2 fully saturated rings. The summed E-state index contributed by atoms with van der Waals surface area (Å²) in [5, 5.41) is 3.62. The molecule has 120 valence electrons. The van der Waals surface area contributed by atoms with Crippen LogP contribution in [0.15, 0.2) is 9.98 Å². The highest BCUT2D eigenvalue weighted by Gasteiger charge is 2.17. The molecule has 0 aromatic rings. The van der Waals surface area contributed by atoms with Crippen LogP contribution in [0.5, 0.6) is 0 Å². The lowest BCUT2D eigenvalue weighted by atomic mass is 9.95. The normalized spacial score (nSPS) is 23.2. The monoisotopic (exact) mass is 292 g/mol. The predicted molar refractivity (Wildman–Crippen MR) is 91.1 cm³/mol. The fourth-order valence-corrected chi connectivity index (χ4v) is 3.16. The topological polar surface area (TPSA) is 40.0 Å². The number of rotatable bonds is 2. The molecular formula is C17H32N4. The highest BCUT2D eigenvalue weighted by Crippen LogP contribution is 2.21. The molecule has 1 N–H and O–H groups in total. The summed E-state index contributed by atoms with van der Waals surface area (Å²) in [4.78, 5) is 11.7. The molecule has 0 atom stereocenters. The van der Waals surface area contributed by atoms with E-state index in [4.69, 9.17) is 9.98 Å². The quantitative estimate of drug-likeness (QED) is 0.624. The fourth-order valence-electron chi connectivity index (χ4n) is 3.16. The van der Waals surface area contributed by atoms with Gasteiger partial charge < -0.3 is 10.2 Å². The molecular weight excluding hydrogens is 260 g/mol. The van der Waals surface area contributed by atoms with Gasteiger partial charge in [-0.3, -0.25) is 0 Å². The average Bonchev–Trinajstić information content (AvgIpc) is 2.49. The van der Waals surface area contributed by atoms with Crippen LogP contribution in [-0.2, 0) is 0 Å². The number of aliphatic imine (C=N–C) groups is 2. The molecule has 0 bridgehead atoms. The summed E-state index contributed by atoms with van der Waals surface area (Å²) in [7, 11) is 4.08. The molecule has 0 aromatic heterocycles. The van der Waals surface area contributed by atoms with Crippen LogP contribution < -0.4 is 5.32 Å². The maximum absolute atomic E-state index is 4.94. The second kappa shape index (κ2) is 8.40. The van der Waals surface area contributed by atoms with Crippen LogP contribution >= 0.6 is 0 Å². The standard InChI is InChI=1S/C17H32N4/c1-14(21(2)3)18-17(19-15-10-6-4-7-11-15)20-16-12-8-5-9-13-16/h15-16H,4-13H2,1-3H3,(H,19,20)/b18-14+. The maximum atomic E-state index is 4.94. The Morgan fingerprint density at radius 1 is 0.905 bits per heavy atom. The smallest absolute Gasteiger partial charge is 0.220 e. The first kappa shape index (κ1) is 16.3. The van der Waals surface area contributed by atoms with Gasteiger partial charge in [-0.15, -0.1) is 0 Å². The van der Waals surface area contributed by atoms with E-state index in [0.29, 0.717) is 12.1 Å². The van der Waals surface area contributed by atoms with E-state index in [1.165, 1.54) is 64.2 Å². The van der Waals surface area contributed by atoms with Gasteiger partial charge in [-0.25, -0.2) is 9.98 Å². The molecule has 0 aliphatic heterocycles. The lowest BCUT2D eigenvalue weighted by molar-refractivity contribution is 0.407. The van der Waals surface area contributed by atoms with Crippen LogP contribution in [0.3, 0.4) is 0 Å². The zero-order valence-corrected chi connectivity index (χ0v) is 14.1. The van der Waals surface area contributed by atoms with Gasteiger partial charge in [0, 0.05) is 20.1 Å². The Hall–Kier alpha value is -1.06. The minimum atomic E-state index is 0.476. The van der Waals surface area contributed by atoms with Gasteiger partial charge in [-0.1, -0.05) is 38.5 Å². The largest absolute Gasteiger partial charge is 0.366 e. The maximum Gasteiger partial charge on any atom is 0.220 e. The van der Waals surface area contributed by atoms with Crippen molar-refractivity contribution >= 4 is 11.8 Å². The summed E-state index contributed by atoms with van der Waals surface area (Å²) in [6, 6.07) is 1.04. The van der Waals surface area contributed by atoms with Crippen LogP contribution in [0.2, 0.25) is 0 Å². The zero-order chi connectivity index (χ0) is 15.1. The first-order valence-corrected chi connectivity index (χ1v) is 8.72. The molecule has 0 unspecified atom stereocenters. The van der Waals surface area contributed by atoms with E-state index < -0.39 is 0 Å². The fraction of sp³-hybridized carbons (Fsp3) is 0.882. The van der Waals surface area contributed by atoms with Gasteiger partial charge in [0.2, 0.25) is 5.96 Å². The summed E-state index contributed by atoms with van der Waals surface area (Å²) < 4.78 is 0. The molecule has 2 rings (SSSR count). The van der Waals surface area contributed by atoms with Crippen molar-refractivity contribution in [3.63, 3.8) is 0 Å². The van der Waals surface area contributed by atoms with E-state index in [1.54, 1.807) is 0 Å². The van der Waals surface area contributed by atoms with Crippen molar-refractivity contribution in [1.82, 2.24) is 10.2 Å². The molecule has 4 heteroatoms. The highest BCUT2D eigenvalue weighted by atomic mass is 15.2. The van der Waals surface area contributed by atoms with E-state index in [0.717, 1.165) is 11.8 Å². The first-order chi connectivity index (χ1) is 10.1. The molecule has 2 aliphatic carbocycles. The third-order valence-corrected chi connectivity index (χ3v) is 4.73. The number of nitrogens with zero attached hydrogens (tertiary/aromatic N) is 3. The number of amidine groups is 1. The van der Waals surface area contributed by atoms with Gasteiger partial charge in [0.05, 0.1) is 6.04 Å². The van der Waals surface area contributed by atoms with Crippen LogP contribution in [0.25, 0.3) is 0 Å². The van der Waals surface area contributed by atoms with Crippen molar-refractivity contribution in [3.05, 3.63) is 0 Å². The van der Waals surface area contributed by atoms with Crippen molar-refractivity contribution in [1.29, 1.82) is 0 Å². The molecule has 2 aliphatic rings. The molecule has 0 heterocycles. The number of hydrogen-bond donors (Lipinski definition) is 1. The SMILES string of the molecule is C/C(=N\C(=N/C1CCCCC1)NC1CCCCC1)N(C)C. The molecule has 0 amide bonds. The predicted octanol–water partition coefficient (Wildman–Crippen LogP) is 3.58. The zero-order valence-electron chi connectivity index (χ0n) is 14.1. The van der Waals surface area contributed by atoms with Gasteiger partial charge in [0.25, 0.3) is 0 Å². The third-order valence-electron chi connectivity index (χ3n) is 4.73. The number of nitrogens with one attached hydrogen (secondary N) is 1. The Labute approximate surface area is 130 Å². The summed E-state index contributed by atoms with van der Waals surface area (Å²) in [6.07, 6.45) is 13.1. The van der Waals surface area contributed by atoms with Crippen LogP contribution in [0.4, 0.5) is 0 Å². The Kier molecular flexibility index (Phi) is 6.52. The van der Waals surface area contributed by atoms with Crippen molar-refractivity contribution < 1.29 is 0 Å². The van der Waals surface area contributed by atoms with Crippen molar-refractivity contribution in [2.75, 3.05) is 14.1 Å². The Morgan fingerprint density at radius 3 is 2.05 bits per heavy atom. The lowest BCUT2D eigenvalue weighted by Gasteiger charge is -2.25. The van der Waals surface area contributed by atoms with Gasteiger partial charge in [-0.05, 0) is 32.6 Å². The minimum absolute atomic E-state index is 0.476. The average molecular weight is 292 g/mol. The summed E-state index contributed by atoms with van der Waals surface area (Å²) in [6.45, 7) is 2.05. The molecule has 0 radical (unpaired) electrons. The van der Waals surface area contributed by atoms with Gasteiger partial charge >= 0.3 is 0 Å². The summed E-state index contributed by atoms with van der Waals surface area (Å²) in [5.41, 5.74) is 0. The summed E-state index contributed by atoms with van der Waals surface area (Å²) in [5.74, 6) is 1.90. The second-order valence-corrected chi connectivity index (χ2v) is 6.78. The van der Waals surface area contributed by atoms with Crippen LogP contribution in [0.1, 0.15) is 71.1 Å². The van der Waals surface area contributed by atoms with Gasteiger partial charge in [-0.2, -0.15) is 0 Å². The second-order valence-electron chi connectivity index (χ2n) is 6.78. The molecule has 0 saturated heterocycles. The van der Waals surface area contributed by atoms with Crippen molar-refractivity contribution in [2.24, 2.45) is 9.98 Å². The summed E-state index contributed by atoms with van der Waals surface area (Å²) >= 11 is 0. The third kappa shape index (κ3) is 5.68. The Bertz CT molecular complexity index is 361. The van der Waals surface area contributed by atoms with E-state index in [-0.39, 0.29) is 0 Å². The van der Waals surface area contributed by atoms with E-state index in [9.17, 15) is 0 Å². The van der Waals surface area contributed by atoms with E-state index in [1.807, 2.05) is 14.1 Å². The minimum Gasteiger partial charge on any atom is -0.366 e.